The van der Waals surface area contributed by atoms with E-state index in [0.717, 1.165) is 18.2 Å². The lowest BCUT2D eigenvalue weighted by atomic mass is 9.96. The number of rotatable bonds is 5. The maximum atomic E-state index is 5.85. The van der Waals surface area contributed by atoms with Crippen LogP contribution < -0.4 is 10.1 Å². The third kappa shape index (κ3) is 4.84. The average molecular weight is 292 g/mol. The van der Waals surface area contributed by atoms with E-state index in [-0.39, 0.29) is 5.41 Å². The maximum absolute atomic E-state index is 5.85. The van der Waals surface area contributed by atoms with E-state index < -0.39 is 0 Å². The van der Waals surface area contributed by atoms with Gasteiger partial charge in [-0.1, -0.05) is 27.2 Å². The van der Waals surface area contributed by atoms with Crippen molar-refractivity contribution >= 4 is 5.82 Å². The monoisotopic (exact) mass is 292 g/mol. The summed E-state index contributed by atoms with van der Waals surface area (Å²) < 4.78 is 5.85. The second kappa shape index (κ2) is 7.07. The van der Waals surface area contributed by atoms with Crippen LogP contribution in [0, 0.1) is 0 Å². The Labute approximate surface area is 128 Å². The molecule has 0 saturated carbocycles. The molecule has 0 aliphatic carbocycles. The highest BCUT2D eigenvalue weighted by Gasteiger charge is 2.19. The van der Waals surface area contributed by atoms with Gasteiger partial charge in [0.25, 0.3) is 0 Å². The molecule has 0 aromatic carbocycles. The van der Waals surface area contributed by atoms with Crippen molar-refractivity contribution in [2.24, 2.45) is 0 Å². The predicted molar refractivity (Wildman–Crippen MR) is 86.1 cm³/mol. The van der Waals surface area contributed by atoms with Crippen molar-refractivity contribution in [2.75, 3.05) is 38.6 Å². The van der Waals surface area contributed by atoms with E-state index in [4.69, 9.17) is 4.74 Å². The molecule has 2 heterocycles. The lowest BCUT2D eigenvalue weighted by Gasteiger charge is -2.26. The van der Waals surface area contributed by atoms with Gasteiger partial charge in [0.2, 0.25) is 5.88 Å². The first-order valence-corrected chi connectivity index (χ1v) is 7.91. The molecule has 2 rings (SSSR count). The van der Waals surface area contributed by atoms with Crippen molar-refractivity contribution in [2.45, 2.75) is 45.4 Å². The molecule has 1 saturated heterocycles. The molecule has 1 fully saturated rings. The molecule has 5 heteroatoms. The van der Waals surface area contributed by atoms with Crippen LogP contribution in [0.2, 0.25) is 0 Å². The molecule has 0 atom stereocenters. The van der Waals surface area contributed by atoms with E-state index in [0.29, 0.717) is 12.5 Å². The summed E-state index contributed by atoms with van der Waals surface area (Å²) in [5.41, 5.74) is -0.0855. The lowest BCUT2D eigenvalue weighted by molar-refractivity contribution is 0.180. The van der Waals surface area contributed by atoms with Crippen LogP contribution in [0.1, 0.15) is 45.9 Å². The molecule has 1 aromatic rings. The number of ether oxygens (including phenoxy) is 1. The minimum atomic E-state index is -0.0855. The first-order chi connectivity index (χ1) is 9.99. The standard InChI is InChI=1S/C16H28N4O/c1-16(2,3)15-18-13(17-4)12-14(19-15)21-11-10-20-8-6-5-7-9-20/h12H,5-11H2,1-4H3,(H,17,18,19). The van der Waals surface area contributed by atoms with Gasteiger partial charge in [-0.25, -0.2) is 4.98 Å². The first-order valence-electron chi connectivity index (χ1n) is 7.91. The fourth-order valence-electron chi connectivity index (χ4n) is 2.42. The van der Waals surface area contributed by atoms with Crippen LogP contribution in [0.25, 0.3) is 0 Å². The van der Waals surface area contributed by atoms with Crippen LogP contribution >= 0.6 is 0 Å². The summed E-state index contributed by atoms with van der Waals surface area (Å²) >= 11 is 0. The fraction of sp³-hybridized carbons (Fsp3) is 0.750. The zero-order valence-electron chi connectivity index (χ0n) is 13.8. The quantitative estimate of drug-likeness (QED) is 0.904. The Hall–Kier alpha value is -1.36. The van der Waals surface area contributed by atoms with E-state index in [2.05, 4.69) is 41.0 Å². The van der Waals surface area contributed by atoms with Gasteiger partial charge in [0.05, 0.1) is 0 Å². The highest BCUT2D eigenvalue weighted by Crippen LogP contribution is 2.23. The van der Waals surface area contributed by atoms with Gasteiger partial charge in [0, 0.05) is 25.1 Å². The molecule has 118 valence electrons. The maximum Gasteiger partial charge on any atom is 0.218 e. The van der Waals surface area contributed by atoms with Gasteiger partial charge in [0.1, 0.15) is 18.2 Å². The Morgan fingerprint density at radius 2 is 1.90 bits per heavy atom. The summed E-state index contributed by atoms with van der Waals surface area (Å²) in [6.45, 7) is 10.4. The second-order valence-corrected chi connectivity index (χ2v) is 6.67. The van der Waals surface area contributed by atoms with Gasteiger partial charge < -0.3 is 10.1 Å². The summed E-state index contributed by atoms with van der Waals surface area (Å²) in [5.74, 6) is 2.28. The Morgan fingerprint density at radius 1 is 1.19 bits per heavy atom. The van der Waals surface area contributed by atoms with E-state index >= 15 is 0 Å². The number of likely N-dealkylation sites (tertiary alicyclic amines) is 1. The molecule has 5 nitrogen and oxygen atoms in total. The largest absolute Gasteiger partial charge is 0.476 e. The molecular formula is C16H28N4O. The summed E-state index contributed by atoms with van der Waals surface area (Å²) in [6, 6.07) is 1.87. The molecule has 1 aromatic heterocycles. The summed E-state index contributed by atoms with van der Waals surface area (Å²) in [5, 5.41) is 3.08. The van der Waals surface area contributed by atoms with E-state index in [1.807, 2.05) is 13.1 Å². The molecule has 0 spiro atoms. The fourth-order valence-corrected chi connectivity index (χ4v) is 2.42. The molecule has 0 bridgehead atoms. The Balaban J connectivity index is 1.95. The summed E-state index contributed by atoms with van der Waals surface area (Å²) in [4.78, 5) is 11.5. The molecule has 1 aliphatic rings. The average Bonchev–Trinajstić information content (AvgIpc) is 2.47. The molecular weight excluding hydrogens is 264 g/mol. The topological polar surface area (TPSA) is 50.3 Å². The van der Waals surface area contributed by atoms with Crippen molar-refractivity contribution in [3.8, 4) is 5.88 Å². The van der Waals surface area contributed by atoms with Gasteiger partial charge in [-0.15, -0.1) is 0 Å². The highest BCUT2D eigenvalue weighted by molar-refractivity contribution is 5.38. The molecule has 1 N–H and O–H groups in total. The number of nitrogens with one attached hydrogen (secondary N) is 1. The number of hydrogen-bond donors (Lipinski definition) is 1. The van der Waals surface area contributed by atoms with E-state index in [1.165, 1.54) is 32.4 Å². The smallest absolute Gasteiger partial charge is 0.218 e. The van der Waals surface area contributed by atoms with E-state index in [9.17, 15) is 0 Å². The van der Waals surface area contributed by atoms with Gasteiger partial charge in [-0.05, 0) is 25.9 Å². The minimum Gasteiger partial charge on any atom is -0.476 e. The summed E-state index contributed by atoms with van der Waals surface area (Å²) in [7, 11) is 1.87. The van der Waals surface area contributed by atoms with Gasteiger partial charge in [0.15, 0.2) is 0 Å². The van der Waals surface area contributed by atoms with Crippen LogP contribution in [-0.2, 0) is 5.41 Å². The first kappa shape index (κ1) is 16.0. The molecule has 0 unspecified atom stereocenters. The number of piperidine rings is 1. The lowest BCUT2D eigenvalue weighted by Crippen LogP contribution is -2.33. The highest BCUT2D eigenvalue weighted by atomic mass is 16.5. The Kier molecular flexibility index (Phi) is 5.39. The number of anilines is 1. The van der Waals surface area contributed by atoms with Crippen LogP contribution in [0.15, 0.2) is 6.07 Å². The van der Waals surface area contributed by atoms with Crippen molar-refractivity contribution in [3.05, 3.63) is 11.9 Å². The number of hydrogen-bond acceptors (Lipinski definition) is 5. The zero-order valence-corrected chi connectivity index (χ0v) is 13.8. The predicted octanol–water partition coefficient (Wildman–Crippen LogP) is 2.68. The van der Waals surface area contributed by atoms with Crippen molar-refractivity contribution in [3.63, 3.8) is 0 Å². The Bertz CT molecular complexity index is 450. The third-order valence-electron chi connectivity index (χ3n) is 3.74. The van der Waals surface area contributed by atoms with Gasteiger partial charge in [-0.3, -0.25) is 4.90 Å². The van der Waals surface area contributed by atoms with Crippen molar-refractivity contribution < 1.29 is 4.74 Å². The number of aromatic nitrogens is 2. The molecule has 0 amide bonds. The normalized spacial score (nSPS) is 16.8. The summed E-state index contributed by atoms with van der Waals surface area (Å²) in [6.07, 6.45) is 3.99. The van der Waals surface area contributed by atoms with Crippen molar-refractivity contribution in [1.29, 1.82) is 0 Å². The van der Waals surface area contributed by atoms with Crippen LogP contribution in [-0.4, -0.2) is 48.2 Å². The second-order valence-electron chi connectivity index (χ2n) is 6.67. The SMILES string of the molecule is CNc1cc(OCCN2CCCCC2)nc(C(C)(C)C)n1. The van der Waals surface area contributed by atoms with Crippen molar-refractivity contribution in [1.82, 2.24) is 14.9 Å². The van der Waals surface area contributed by atoms with Crippen LogP contribution in [0.5, 0.6) is 5.88 Å². The number of nitrogens with zero attached hydrogens (tertiary/aromatic N) is 3. The molecule has 0 radical (unpaired) electrons. The Morgan fingerprint density at radius 3 is 2.52 bits per heavy atom. The zero-order chi connectivity index (χ0) is 15.3. The van der Waals surface area contributed by atoms with Gasteiger partial charge >= 0.3 is 0 Å². The van der Waals surface area contributed by atoms with Crippen LogP contribution in [0.4, 0.5) is 5.82 Å². The van der Waals surface area contributed by atoms with E-state index in [1.54, 1.807) is 0 Å². The third-order valence-corrected chi connectivity index (χ3v) is 3.74. The van der Waals surface area contributed by atoms with Crippen LogP contribution in [0.3, 0.4) is 0 Å². The van der Waals surface area contributed by atoms with Gasteiger partial charge in [-0.2, -0.15) is 4.98 Å². The molecule has 21 heavy (non-hydrogen) atoms. The molecule has 1 aliphatic heterocycles. The minimum absolute atomic E-state index is 0.0855.